The van der Waals surface area contributed by atoms with Crippen molar-refractivity contribution in [3.8, 4) is 0 Å². The van der Waals surface area contributed by atoms with E-state index < -0.39 is 0 Å². The summed E-state index contributed by atoms with van der Waals surface area (Å²) in [4.78, 5) is 21.4. The number of rotatable bonds is 4. The van der Waals surface area contributed by atoms with Crippen LogP contribution >= 0.6 is 0 Å². The molecule has 1 atom stereocenters. The van der Waals surface area contributed by atoms with E-state index >= 15 is 0 Å². The summed E-state index contributed by atoms with van der Waals surface area (Å²) >= 11 is 0. The Morgan fingerprint density at radius 3 is 2.78 bits per heavy atom. The number of aryl methyl sites for hydroxylation is 1. The van der Waals surface area contributed by atoms with Gasteiger partial charge in [0.05, 0.1) is 6.04 Å². The van der Waals surface area contributed by atoms with E-state index in [1.165, 1.54) is 0 Å². The Bertz CT molecular complexity index is 437. The number of nitrogens with zero attached hydrogens (tertiary/aromatic N) is 2. The topological polar surface area (TPSA) is 61.0 Å². The van der Waals surface area contributed by atoms with Crippen LogP contribution in [0.4, 0.5) is 0 Å². The van der Waals surface area contributed by atoms with E-state index in [1.807, 2.05) is 6.92 Å². The minimum atomic E-state index is -0.0475. The molecule has 1 aliphatic rings. The summed E-state index contributed by atoms with van der Waals surface area (Å²) in [5.74, 6) is 0.823. The highest BCUT2D eigenvalue weighted by Gasteiger charge is 2.23. The largest absolute Gasteiger partial charge is 0.314 e. The summed E-state index contributed by atoms with van der Waals surface area (Å²) in [7, 11) is 0. The molecule has 0 bridgehead atoms. The van der Waals surface area contributed by atoms with E-state index in [0.717, 1.165) is 50.5 Å². The molecule has 2 rings (SSSR count). The van der Waals surface area contributed by atoms with Gasteiger partial charge in [-0.3, -0.25) is 9.69 Å². The molecular weight excluding hydrogens is 228 g/mol. The van der Waals surface area contributed by atoms with Crippen molar-refractivity contribution in [2.45, 2.75) is 32.7 Å². The molecule has 1 fully saturated rings. The molecule has 1 aromatic heterocycles. The van der Waals surface area contributed by atoms with Gasteiger partial charge >= 0.3 is 0 Å². The summed E-state index contributed by atoms with van der Waals surface area (Å²) in [6, 6.07) is 1.79. The molecule has 0 aromatic carbocycles. The predicted octanol–water partition coefficient (Wildman–Crippen LogP) is 0.825. The molecule has 0 amide bonds. The average Bonchev–Trinajstić information content (AvgIpc) is 2.36. The van der Waals surface area contributed by atoms with E-state index in [4.69, 9.17) is 0 Å². The van der Waals surface area contributed by atoms with Crippen LogP contribution in [0.5, 0.6) is 0 Å². The fraction of sp³-hybridized carbons (Fsp3) is 0.692. The number of hydrogen-bond donors (Lipinski definition) is 2. The van der Waals surface area contributed by atoms with Gasteiger partial charge < -0.3 is 10.3 Å². The van der Waals surface area contributed by atoms with Gasteiger partial charge in [-0.2, -0.15) is 0 Å². The van der Waals surface area contributed by atoms with Crippen LogP contribution in [0, 0.1) is 6.92 Å². The summed E-state index contributed by atoms with van der Waals surface area (Å²) in [6.45, 7) is 8.10. The standard InChI is InChI=1S/C13H22N4O/c1-3-4-11(17-7-5-14-6-8-17)13-15-10(2)9-12(18)16-13/h9,11,14H,3-8H2,1-2H3,(H,15,16,18). The molecule has 1 saturated heterocycles. The maximum atomic E-state index is 11.6. The van der Waals surface area contributed by atoms with E-state index in [2.05, 4.69) is 27.1 Å². The fourth-order valence-electron chi connectivity index (χ4n) is 2.52. The Morgan fingerprint density at radius 2 is 2.17 bits per heavy atom. The Labute approximate surface area is 108 Å². The summed E-state index contributed by atoms with van der Waals surface area (Å²) in [5, 5.41) is 3.35. The van der Waals surface area contributed by atoms with Crippen LogP contribution in [0.25, 0.3) is 0 Å². The van der Waals surface area contributed by atoms with Gasteiger partial charge in [-0.25, -0.2) is 4.98 Å². The molecule has 2 heterocycles. The minimum Gasteiger partial charge on any atom is -0.314 e. The SMILES string of the molecule is CCCC(c1nc(C)cc(=O)[nH]1)N1CCNCC1. The first-order valence-corrected chi connectivity index (χ1v) is 6.73. The molecule has 18 heavy (non-hydrogen) atoms. The van der Waals surface area contributed by atoms with Gasteiger partial charge in [0.1, 0.15) is 5.82 Å². The van der Waals surface area contributed by atoms with Crippen LogP contribution in [0.2, 0.25) is 0 Å². The zero-order valence-electron chi connectivity index (χ0n) is 11.2. The van der Waals surface area contributed by atoms with E-state index in [-0.39, 0.29) is 11.6 Å². The average molecular weight is 250 g/mol. The van der Waals surface area contributed by atoms with E-state index in [1.54, 1.807) is 6.07 Å². The van der Waals surface area contributed by atoms with Crippen LogP contribution in [0.15, 0.2) is 10.9 Å². The highest BCUT2D eigenvalue weighted by molar-refractivity contribution is 5.04. The fourth-order valence-corrected chi connectivity index (χ4v) is 2.52. The third-order valence-corrected chi connectivity index (χ3v) is 3.36. The maximum absolute atomic E-state index is 11.6. The van der Waals surface area contributed by atoms with E-state index in [9.17, 15) is 4.79 Å². The minimum absolute atomic E-state index is 0.0475. The molecule has 1 aromatic rings. The van der Waals surface area contributed by atoms with Gasteiger partial charge in [-0.15, -0.1) is 0 Å². The summed E-state index contributed by atoms with van der Waals surface area (Å²) in [6.07, 6.45) is 2.12. The number of nitrogens with one attached hydrogen (secondary N) is 2. The molecule has 1 unspecified atom stereocenters. The van der Waals surface area contributed by atoms with Gasteiger partial charge in [0.25, 0.3) is 5.56 Å². The molecule has 5 nitrogen and oxygen atoms in total. The van der Waals surface area contributed by atoms with Crippen molar-refractivity contribution in [2.75, 3.05) is 26.2 Å². The highest BCUT2D eigenvalue weighted by atomic mass is 16.1. The van der Waals surface area contributed by atoms with Crippen molar-refractivity contribution in [1.82, 2.24) is 20.2 Å². The second-order valence-electron chi connectivity index (χ2n) is 4.86. The number of H-pyrrole nitrogens is 1. The summed E-state index contributed by atoms with van der Waals surface area (Å²) < 4.78 is 0. The van der Waals surface area contributed by atoms with Gasteiger partial charge in [-0.1, -0.05) is 13.3 Å². The zero-order valence-corrected chi connectivity index (χ0v) is 11.2. The molecular formula is C13H22N4O. The zero-order chi connectivity index (χ0) is 13.0. The van der Waals surface area contributed by atoms with Crippen molar-refractivity contribution in [1.29, 1.82) is 0 Å². The first-order chi connectivity index (χ1) is 8.70. The van der Waals surface area contributed by atoms with Crippen LogP contribution < -0.4 is 10.9 Å². The van der Waals surface area contributed by atoms with Gasteiger partial charge in [0.15, 0.2) is 0 Å². The first kappa shape index (κ1) is 13.2. The van der Waals surface area contributed by atoms with Gasteiger partial charge in [0, 0.05) is 37.9 Å². The molecule has 0 aliphatic carbocycles. The number of hydrogen-bond acceptors (Lipinski definition) is 4. The predicted molar refractivity (Wildman–Crippen MR) is 71.7 cm³/mol. The third kappa shape index (κ3) is 3.17. The normalized spacial score (nSPS) is 18.8. The lowest BCUT2D eigenvalue weighted by Crippen LogP contribution is -2.45. The van der Waals surface area contributed by atoms with Crippen molar-refractivity contribution in [2.24, 2.45) is 0 Å². The highest BCUT2D eigenvalue weighted by Crippen LogP contribution is 2.22. The van der Waals surface area contributed by atoms with Crippen LogP contribution in [0.1, 0.15) is 37.3 Å². The number of aromatic nitrogens is 2. The van der Waals surface area contributed by atoms with Crippen molar-refractivity contribution < 1.29 is 0 Å². The van der Waals surface area contributed by atoms with Crippen molar-refractivity contribution in [3.63, 3.8) is 0 Å². The van der Waals surface area contributed by atoms with Crippen molar-refractivity contribution >= 4 is 0 Å². The molecule has 0 saturated carbocycles. The lowest BCUT2D eigenvalue weighted by atomic mass is 10.1. The lowest BCUT2D eigenvalue weighted by molar-refractivity contribution is 0.157. The van der Waals surface area contributed by atoms with Crippen LogP contribution in [-0.4, -0.2) is 41.0 Å². The maximum Gasteiger partial charge on any atom is 0.251 e. The van der Waals surface area contributed by atoms with E-state index in [0.29, 0.717) is 0 Å². The molecule has 100 valence electrons. The summed E-state index contributed by atoms with van der Waals surface area (Å²) in [5.41, 5.74) is 0.749. The Hall–Kier alpha value is -1.20. The Balaban J connectivity index is 2.24. The molecule has 2 N–H and O–H groups in total. The molecule has 5 heteroatoms. The Morgan fingerprint density at radius 1 is 1.44 bits per heavy atom. The van der Waals surface area contributed by atoms with Gasteiger partial charge in [-0.05, 0) is 13.3 Å². The second kappa shape index (κ2) is 6.11. The number of piperazine rings is 1. The van der Waals surface area contributed by atoms with Crippen LogP contribution in [0.3, 0.4) is 0 Å². The van der Waals surface area contributed by atoms with Gasteiger partial charge in [0.2, 0.25) is 0 Å². The van der Waals surface area contributed by atoms with Crippen LogP contribution in [-0.2, 0) is 0 Å². The first-order valence-electron chi connectivity index (χ1n) is 6.73. The van der Waals surface area contributed by atoms with Crippen molar-refractivity contribution in [3.05, 3.63) is 27.9 Å². The smallest absolute Gasteiger partial charge is 0.251 e. The number of aromatic amines is 1. The molecule has 1 aliphatic heterocycles. The monoisotopic (exact) mass is 250 g/mol. The molecule has 0 radical (unpaired) electrons. The Kier molecular flexibility index (Phi) is 4.49. The molecule has 0 spiro atoms. The lowest BCUT2D eigenvalue weighted by Gasteiger charge is -2.34. The quantitative estimate of drug-likeness (QED) is 0.831. The second-order valence-corrected chi connectivity index (χ2v) is 4.86. The third-order valence-electron chi connectivity index (χ3n) is 3.36.